The minimum Gasteiger partial charge on any atom is -0.332 e. The van der Waals surface area contributed by atoms with E-state index in [0.717, 1.165) is 31.6 Å². The van der Waals surface area contributed by atoms with Crippen molar-refractivity contribution in [3.8, 4) is 11.8 Å². The molecule has 122 valence electrons. The zero-order valence-corrected chi connectivity index (χ0v) is 14.2. The summed E-state index contributed by atoms with van der Waals surface area (Å²) in [6, 6.07) is 8.22. The van der Waals surface area contributed by atoms with Gasteiger partial charge in [-0.2, -0.15) is 0 Å². The second kappa shape index (κ2) is 7.19. The molecule has 1 amide bonds. The molecule has 2 heterocycles. The maximum absolute atomic E-state index is 12.5. The van der Waals surface area contributed by atoms with Gasteiger partial charge in [0.1, 0.15) is 0 Å². The molecule has 0 aromatic heterocycles. The molecule has 2 fully saturated rings. The first-order chi connectivity index (χ1) is 11.1. The lowest BCUT2D eigenvalue weighted by Crippen LogP contribution is -2.37. The van der Waals surface area contributed by atoms with Crippen molar-refractivity contribution in [1.82, 2.24) is 9.80 Å². The van der Waals surface area contributed by atoms with Gasteiger partial charge >= 0.3 is 0 Å². The number of amides is 1. The largest absolute Gasteiger partial charge is 0.332 e. The van der Waals surface area contributed by atoms with E-state index >= 15 is 0 Å². The van der Waals surface area contributed by atoms with Crippen LogP contribution in [-0.2, 0) is 4.79 Å². The highest BCUT2D eigenvalue weighted by Crippen LogP contribution is 2.25. The van der Waals surface area contributed by atoms with Crippen LogP contribution in [0.15, 0.2) is 24.3 Å². The highest BCUT2D eigenvalue weighted by Gasteiger charge is 2.37. The maximum atomic E-state index is 12.5. The number of carbonyl (C=O) groups excluding carboxylic acids is 1. The molecule has 0 radical (unpaired) electrons. The third kappa shape index (κ3) is 3.76. The fourth-order valence-electron chi connectivity index (χ4n) is 3.61. The molecule has 0 N–H and O–H groups in total. The van der Waals surface area contributed by atoms with Crippen LogP contribution in [0.2, 0.25) is 0 Å². The van der Waals surface area contributed by atoms with E-state index in [-0.39, 0.29) is 17.9 Å². The first kappa shape index (κ1) is 16.1. The Morgan fingerprint density at radius 3 is 2.65 bits per heavy atom. The summed E-state index contributed by atoms with van der Waals surface area (Å²) in [6.45, 7) is 5.28. The van der Waals surface area contributed by atoms with E-state index < -0.39 is 0 Å². The topological polar surface area (TPSA) is 23.6 Å². The van der Waals surface area contributed by atoms with Gasteiger partial charge in [-0.15, -0.1) is 0 Å². The van der Waals surface area contributed by atoms with Crippen LogP contribution < -0.4 is 0 Å². The summed E-state index contributed by atoms with van der Waals surface area (Å²) >= 11 is 0. The Labute approximate surface area is 139 Å². The molecular formula is C20H26N2O. The molecule has 3 heteroatoms. The van der Waals surface area contributed by atoms with Gasteiger partial charge in [0.05, 0.1) is 12.0 Å². The van der Waals surface area contributed by atoms with E-state index in [1.807, 2.05) is 30.1 Å². The molecule has 2 saturated heterocycles. The average Bonchev–Trinajstić information content (AvgIpc) is 2.83. The van der Waals surface area contributed by atoms with E-state index in [0.29, 0.717) is 0 Å². The lowest BCUT2D eigenvalue weighted by molar-refractivity contribution is -0.130. The molecule has 3 nitrogen and oxygen atoms in total. The zero-order chi connectivity index (χ0) is 16.2. The van der Waals surface area contributed by atoms with Crippen molar-refractivity contribution >= 4 is 5.91 Å². The number of benzene rings is 1. The molecule has 23 heavy (non-hydrogen) atoms. The van der Waals surface area contributed by atoms with Crippen LogP contribution >= 0.6 is 0 Å². The zero-order valence-electron chi connectivity index (χ0n) is 14.2. The number of rotatable bonds is 2. The highest BCUT2D eigenvalue weighted by atomic mass is 16.2. The predicted octanol–water partition coefficient (Wildman–Crippen LogP) is 2.68. The van der Waals surface area contributed by atoms with Crippen LogP contribution in [0.4, 0.5) is 0 Å². The fourth-order valence-corrected chi connectivity index (χ4v) is 3.61. The van der Waals surface area contributed by atoms with Gasteiger partial charge in [0.25, 0.3) is 0 Å². The quantitative estimate of drug-likeness (QED) is 0.784. The number of likely N-dealkylation sites (tertiary alicyclic amines) is 2. The number of hydrogen-bond donors (Lipinski definition) is 0. The van der Waals surface area contributed by atoms with Gasteiger partial charge in [-0.05, 0) is 50.9 Å². The Bertz CT molecular complexity index is 622. The van der Waals surface area contributed by atoms with Crippen molar-refractivity contribution in [1.29, 1.82) is 0 Å². The maximum Gasteiger partial charge on any atom is 0.227 e. The van der Waals surface area contributed by atoms with Crippen LogP contribution in [0.1, 0.15) is 36.8 Å². The van der Waals surface area contributed by atoms with Gasteiger partial charge in [-0.25, -0.2) is 0 Å². The second-order valence-electron chi connectivity index (χ2n) is 6.84. The first-order valence-corrected chi connectivity index (χ1v) is 8.71. The smallest absolute Gasteiger partial charge is 0.227 e. The molecule has 0 spiro atoms. The third-order valence-electron chi connectivity index (χ3n) is 5.12. The van der Waals surface area contributed by atoms with Crippen LogP contribution in [0.5, 0.6) is 0 Å². The number of aryl methyl sites for hydroxylation is 1. The van der Waals surface area contributed by atoms with E-state index in [1.165, 1.54) is 24.8 Å². The Morgan fingerprint density at radius 1 is 1.17 bits per heavy atom. The summed E-state index contributed by atoms with van der Waals surface area (Å²) in [5.41, 5.74) is 2.25. The first-order valence-electron chi connectivity index (χ1n) is 8.71. The molecule has 0 saturated carbocycles. The van der Waals surface area contributed by atoms with Gasteiger partial charge in [-0.3, -0.25) is 4.79 Å². The molecule has 0 bridgehead atoms. The average molecular weight is 310 g/mol. The van der Waals surface area contributed by atoms with Crippen molar-refractivity contribution < 1.29 is 4.79 Å². The lowest BCUT2D eigenvalue weighted by atomic mass is 10.0. The van der Waals surface area contributed by atoms with Crippen LogP contribution in [0.3, 0.4) is 0 Å². The molecule has 2 aliphatic rings. The lowest BCUT2D eigenvalue weighted by Gasteiger charge is -2.28. The van der Waals surface area contributed by atoms with Crippen molar-refractivity contribution in [3.63, 3.8) is 0 Å². The Morgan fingerprint density at radius 2 is 1.91 bits per heavy atom. The number of carbonyl (C=O) groups is 1. The molecule has 1 aromatic rings. The summed E-state index contributed by atoms with van der Waals surface area (Å²) in [5, 5.41) is 0. The van der Waals surface area contributed by atoms with Crippen molar-refractivity contribution in [2.45, 2.75) is 38.6 Å². The fraction of sp³-hybridized carbons (Fsp3) is 0.550. The van der Waals surface area contributed by atoms with E-state index in [9.17, 15) is 4.79 Å². The van der Waals surface area contributed by atoms with Crippen LogP contribution in [0.25, 0.3) is 0 Å². The Kier molecular flexibility index (Phi) is 5.03. The molecule has 2 aliphatic heterocycles. The molecule has 1 aromatic carbocycles. The predicted molar refractivity (Wildman–Crippen MR) is 93.0 cm³/mol. The van der Waals surface area contributed by atoms with Gasteiger partial charge in [-0.1, -0.05) is 36.5 Å². The number of nitrogens with zero attached hydrogens (tertiary/aromatic N) is 2. The number of hydrogen-bond acceptors (Lipinski definition) is 2. The van der Waals surface area contributed by atoms with Crippen molar-refractivity contribution in [2.75, 3.05) is 26.7 Å². The van der Waals surface area contributed by atoms with E-state index in [4.69, 9.17) is 0 Å². The minimum atomic E-state index is 0.0527. The summed E-state index contributed by atoms with van der Waals surface area (Å²) in [5.74, 6) is 6.98. The summed E-state index contributed by atoms with van der Waals surface area (Å²) in [4.78, 5) is 16.8. The van der Waals surface area contributed by atoms with Gasteiger partial charge in [0.15, 0.2) is 0 Å². The summed E-state index contributed by atoms with van der Waals surface area (Å²) in [7, 11) is 1.90. The van der Waals surface area contributed by atoms with E-state index in [2.05, 4.69) is 29.7 Å². The molecule has 3 rings (SSSR count). The monoisotopic (exact) mass is 310 g/mol. The summed E-state index contributed by atoms with van der Waals surface area (Å²) < 4.78 is 0. The second-order valence-corrected chi connectivity index (χ2v) is 6.84. The molecular weight excluding hydrogens is 284 g/mol. The standard InChI is InChI=1S/C20H26N2O/c1-16-8-4-5-9-17(16)10-11-19-14-18(20(23)21(19)2)15-22-12-6-3-7-13-22/h4-5,8-9,18-19H,3,6-7,12-15H2,1-2H3/t18-,19-/m1/s1. The van der Waals surface area contributed by atoms with Gasteiger partial charge < -0.3 is 9.80 Å². The van der Waals surface area contributed by atoms with Crippen LogP contribution in [-0.4, -0.2) is 48.4 Å². The number of piperidine rings is 1. The SMILES string of the molecule is Cc1ccccc1C#C[C@@H]1C[C@H](CN2CCCCC2)C(=O)N1C. The minimum absolute atomic E-state index is 0.0527. The Balaban J connectivity index is 1.65. The normalized spacial score (nSPS) is 25.3. The highest BCUT2D eigenvalue weighted by molar-refractivity contribution is 5.82. The van der Waals surface area contributed by atoms with Crippen molar-refractivity contribution in [3.05, 3.63) is 35.4 Å². The Hall–Kier alpha value is -1.79. The van der Waals surface area contributed by atoms with Gasteiger partial charge in [0.2, 0.25) is 5.91 Å². The van der Waals surface area contributed by atoms with Gasteiger partial charge in [0, 0.05) is 19.2 Å². The molecule has 0 aliphatic carbocycles. The third-order valence-corrected chi connectivity index (χ3v) is 5.12. The molecule has 2 atom stereocenters. The van der Waals surface area contributed by atoms with E-state index in [1.54, 1.807) is 0 Å². The van der Waals surface area contributed by atoms with Crippen LogP contribution in [0, 0.1) is 24.7 Å². The van der Waals surface area contributed by atoms with Crippen molar-refractivity contribution in [2.24, 2.45) is 5.92 Å². The summed E-state index contributed by atoms with van der Waals surface area (Å²) in [6.07, 6.45) is 4.74. The molecule has 0 unspecified atom stereocenters.